The Morgan fingerprint density at radius 2 is 1.90 bits per heavy atom. The first kappa shape index (κ1) is 17.5. The van der Waals surface area contributed by atoms with E-state index in [2.05, 4.69) is 78.7 Å². The number of nitrogens with zero attached hydrogens (tertiary/aromatic N) is 2. The summed E-state index contributed by atoms with van der Waals surface area (Å²) in [5.74, 6) is 0.916. The second-order valence-corrected chi connectivity index (χ2v) is 5.40. The van der Waals surface area contributed by atoms with Crippen LogP contribution in [0, 0.1) is 0 Å². The highest BCUT2D eigenvalue weighted by Gasteiger charge is 2.09. The minimum absolute atomic E-state index is 0.405. The van der Waals surface area contributed by atoms with E-state index in [4.69, 9.17) is 0 Å². The fourth-order valence-corrected chi connectivity index (χ4v) is 1.98. The van der Waals surface area contributed by atoms with Crippen LogP contribution in [0.4, 0.5) is 0 Å². The van der Waals surface area contributed by atoms with Crippen LogP contribution in [-0.2, 0) is 6.54 Å². The summed E-state index contributed by atoms with van der Waals surface area (Å²) in [5, 5.41) is 6.62. The molecule has 0 heterocycles. The van der Waals surface area contributed by atoms with Crippen LogP contribution in [0.5, 0.6) is 0 Å². The first-order valence-electron chi connectivity index (χ1n) is 7.93. The van der Waals surface area contributed by atoms with Gasteiger partial charge in [-0.1, -0.05) is 37.3 Å². The Hall–Kier alpha value is -1.55. The van der Waals surface area contributed by atoms with Gasteiger partial charge in [-0.05, 0) is 32.9 Å². The molecular weight excluding hydrogens is 260 g/mol. The van der Waals surface area contributed by atoms with E-state index in [-0.39, 0.29) is 0 Å². The third kappa shape index (κ3) is 7.14. The minimum Gasteiger partial charge on any atom is -0.357 e. The molecule has 0 aliphatic heterocycles. The highest BCUT2D eigenvalue weighted by Crippen LogP contribution is 2.06. The van der Waals surface area contributed by atoms with Crippen molar-refractivity contribution >= 4 is 5.96 Å². The van der Waals surface area contributed by atoms with Gasteiger partial charge in [0.2, 0.25) is 0 Å². The largest absolute Gasteiger partial charge is 0.357 e. The van der Waals surface area contributed by atoms with E-state index in [0.29, 0.717) is 6.04 Å². The number of hydrogen-bond donors (Lipinski definition) is 2. The SMILES string of the molecule is CCCNC(=NCC(C)N(C)Cc1ccccc1)NCC. The van der Waals surface area contributed by atoms with E-state index in [1.807, 2.05) is 0 Å². The number of rotatable bonds is 8. The lowest BCUT2D eigenvalue weighted by Crippen LogP contribution is -2.39. The minimum atomic E-state index is 0.405. The number of likely N-dealkylation sites (N-methyl/N-ethyl adjacent to an activating group) is 1. The summed E-state index contributed by atoms with van der Waals surface area (Å²) < 4.78 is 0. The molecule has 4 nitrogen and oxygen atoms in total. The topological polar surface area (TPSA) is 39.7 Å². The Labute approximate surface area is 129 Å². The van der Waals surface area contributed by atoms with Crippen molar-refractivity contribution in [3.63, 3.8) is 0 Å². The van der Waals surface area contributed by atoms with Crippen molar-refractivity contribution in [2.24, 2.45) is 4.99 Å². The van der Waals surface area contributed by atoms with Gasteiger partial charge in [0.15, 0.2) is 5.96 Å². The zero-order valence-corrected chi connectivity index (χ0v) is 13.9. The predicted octanol–water partition coefficient (Wildman–Crippen LogP) is 2.47. The molecule has 0 aliphatic carbocycles. The van der Waals surface area contributed by atoms with E-state index in [0.717, 1.165) is 38.6 Å². The van der Waals surface area contributed by atoms with Gasteiger partial charge >= 0.3 is 0 Å². The Morgan fingerprint density at radius 3 is 2.52 bits per heavy atom. The molecule has 2 N–H and O–H groups in total. The van der Waals surface area contributed by atoms with Crippen molar-refractivity contribution in [1.82, 2.24) is 15.5 Å². The van der Waals surface area contributed by atoms with Crippen molar-refractivity contribution < 1.29 is 0 Å². The summed E-state index contributed by atoms with van der Waals surface area (Å²) in [6, 6.07) is 11.0. The monoisotopic (exact) mass is 290 g/mol. The molecule has 0 saturated heterocycles. The lowest BCUT2D eigenvalue weighted by atomic mass is 10.2. The summed E-state index contributed by atoms with van der Waals surface area (Å²) in [4.78, 5) is 7.00. The molecular formula is C17H30N4. The fraction of sp³-hybridized carbons (Fsp3) is 0.588. The predicted molar refractivity (Wildman–Crippen MR) is 91.6 cm³/mol. The molecule has 4 heteroatoms. The summed E-state index contributed by atoms with van der Waals surface area (Å²) in [7, 11) is 2.15. The zero-order chi connectivity index (χ0) is 15.5. The second kappa shape index (κ2) is 10.2. The molecule has 0 bridgehead atoms. The van der Waals surface area contributed by atoms with E-state index >= 15 is 0 Å². The quantitative estimate of drug-likeness (QED) is 0.571. The van der Waals surface area contributed by atoms with Crippen LogP contribution in [0.25, 0.3) is 0 Å². The van der Waals surface area contributed by atoms with Gasteiger partial charge in [0.25, 0.3) is 0 Å². The first-order valence-corrected chi connectivity index (χ1v) is 7.93. The van der Waals surface area contributed by atoms with Crippen molar-refractivity contribution in [2.45, 2.75) is 39.8 Å². The maximum absolute atomic E-state index is 4.67. The number of guanidine groups is 1. The Balaban J connectivity index is 2.47. The van der Waals surface area contributed by atoms with Crippen LogP contribution in [0.1, 0.15) is 32.8 Å². The lowest BCUT2D eigenvalue weighted by Gasteiger charge is -2.23. The molecule has 0 fully saturated rings. The number of nitrogens with one attached hydrogen (secondary N) is 2. The van der Waals surface area contributed by atoms with Gasteiger partial charge in [0, 0.05) is 25.7 Å². The highest BCUT2D eigenvalue weighted by atomic mass is 15.2. The number of aliphatic imine (C=N–C) groups is 1. The highest BCUT2D eigenvalue weighted by molar-refractivity contribution is 5.79. The molecule has 21 heavy (non-hydrogen) atoms. The molecule has 0 aliphatic rings. The normalized spacial score (nSPS) is 13.3. The lowest BCUT2D eigenvalue weighted by molar-refractivity contribution is 0.255. The summed E-state index contributed by atoms with van der Waals surface area (Å²) in [5.41, 5.74) is 1.34. The molecule has 1 unspecified atom stereocenters. The molecule has 1 rings (SSSR count). The number of benzene rings is 1. The van der Waals surface area contributed by atoms with Crippen molar-refractivity contribution in [3.8, 4) is 0 Å². The van der Waals surface area contributed by atoms with Crippen LogP contribution in [0.3, 0.4) is 0 Å². The maximum atomic E-state index is 4.67. The third-order valence-corrected chi connectivity index (χ3v) is 3.43. The zero-order valence-electron chi connectivity index (χ0n) is 13.9. The van der Waals surface area contributed by atoms with E-state index in [1.165, 1.54) is 5.56 Å². The van der Waals surface area contributed by atoms with Crippen molar-refractivity contribution in [1.29, 1.82) is 0 Å². The van der Waals surface area contributed by atoms with Crippen LogP contribution >= 0.6 is 0 Å². The molecule has 0 aromatic heterocycles. The average Bonchev–Trinajstić information content (AvgIpc) is 2.50. The molecule has 1 aromatic carbocycles. The summed E-state index contributed by atoms with van der Waals surface area (Å²) in [6.45, 7) is 10.1. The van der Waals surface area contributed by atoms with E-state index in [1.54, 1.807) is 0 Å². The van der Waals surface area contributed by atoms with E-state index in [9.17, 15) is 0 Å². The Morgan fingerprint density at radius 1 is 1.19 bits per heavy atom. The summed E-state index contributed by atoms with van der Waals surface area (Å²) in [6.07, 6.45) is 1.11. The Kier molecular flexibility index (Phi) is 8.51. The second-order valence-electron chi connectivity index (χ2n) is 5.40. The van der Waals surface area contributed by atoms with Gasteiger partial charge in [-0.15, -0.1) is 0 Å². The molecule has 0 radical (unpaired) electrons. The van der Waals surface area contributed by atoms with Gasteiger partial charge < -0.3 is 10.6 Å². The smallest absolute Gasteiger partial charge is 0.191 e. The summed E-state index contributed by atoms with van der Waals surface area (Å²) >= 11 is 0. The average molecular weight is 290 g/mol. The molecule has 0 saturated carbocycles. The Bertz CT molecular complexity index is 403. The van der Waals surface area contributed by atoms with E-state index < -0.39 is 0 Å². The molecule has 0 amide bonds. The molecule has 118 valence electrons. The first-order chi connectivity index (χ1) is 10.2. The molecule has 1 aromatic rings. The van der Waals surface area contributed by atoms with Crippen molar-refractivity contribution in [2.75, 3.05) is 26.7 Å². The van der Waals surface area contributed by atoms with Gasteiger partial charge in [-0.25, -0.2) is 0 Å². The number of hydrogen-bond acceptors (Lipinski definition) is 2. The molecule has 0 spiro atoms. The standard InChI is InChI=1S/C17H30N4/c1-5-12-19-17(18-6-2)20-13-15(3)21(4)14-16-10-8-7-9-11-16/h7-11,15H,5-6,12-14H2,1-4H3,(H2,18,19,20). The van der Waals surface area contributed by atoms with Gasteiger partial charge in [0.05, 0.1) is 6.54 Å². The van der Waals surface area contributed by atoms with Gasteiger partial charge in [-0.2, -0.15) is 0 Å². The van der Waals surface area contributed by atoms with Crippen molar-refractivity contribution in [3.05, 3.63) is 35.9 Å². The van der Waals surface area contributed by atoms with Crippen LogP contribution < -0.4 is 10.6 Å². The molecule has 1 atom stereocenters. The van der Waals surface area contributed by atoms with Crippen LogP contribution in [0.2, 0.25) is 0 Å². The fourth-order valence-electron chi connectivity index (χ4n) is 1.98. The van der Waals surface area contributed by atoms with Crippen LogP contribution in [0.15, 0.2) is 35.3 Å². The maximum Gasteiger partial charge on any atom is 0.191 e. The third-order valence-electron chi connectivity index (χ3n) is 3.43. The van der Waals surface area contributed by atoms with Crippen LogP contribution in [-0.4, -0.2) is 43.6 Å². The van der Waals surface area contributed by atoms with Gasteiger partial charge in [-0.3, -0.25) is 9.89 Å². The van der Waals surface area contributed by atoms with Gasteiger partial charge in [0.1, 0.15) is 0 Å².